The summed E-state index contributed by atoms with van der Waals surface area (Å²) in [5.74, 6) is 0.0356. The highest BCUT2D eigenvalue weighted by atomic mass is 32.1. The number of nitrogens with zero attached hydrogens (tertiary/aromatic N) is 2. The van der Waals surface area contributed by atoms with E-state index in [9.17, 15) is 9.90 Å². The molecule has 1 N–H and O–H groups in total. The normalized spacial score (nSPS) is 28.0. The van der Waals surface area contributed by atoms with Gasteiger partial charge in [-0.25, -0.2) is 4.98 Å². The third-order valence-corrected chi connectivity index (χ3v) is 6.28. The molecule has 0 spiro atoms. The summed E-state index contributed by atoms with van der Waals surface area (Å²) in [6.07, 6.45) is 3.20. The number of aliphatic hydroxyl groups excluding tert-OH is 1. The maximum absolute atomic E-state index is 12.7. The van der Waals surface area contributed by atoms with Crippen LogP contribution in [0.5, 0.6) is 0 Å². The molecule has 0 saturated carbocycles. The molecule has 2 aliphatic rings. The molecule has 2 aromatic heterocycles. The number of amides is 1. The zero-order chi connectivity index (χ0) is 14.4. The van der Waals surface area contributed by atoms with Gasteiger partial charge < -0.3 is 10.0 Å². The Bertz CT molecular complexity index is 638. The van der Waals surface area contributed by atoms with Crippen molar-refractivity contribution in [3.05, 3.63) is 28.6 Å². The van der Waals surface area contributed by atoms with Crippen LogP contribution in [0.25, 0.3) is 9.88 Å². The Hall–Kier alpha value is -1.24. The number of hydrogen-bond donors (Lipinski definition) is 1. The predicted octanol–water partition coefficient (Wildman–Crippen LogP) is 3.00. The molecule has 2 saturated heterocycles. The van der Waals surface area contributed by atoms with Crippen LogP contribution in [0.4, 0.5) is 0 Å². The highest BCUT2D eigenvalue weighted by Gasteiger charge is 2.43. The molecule has 2 aromatic rings. The number of aromatic nitrogens is 1. The summed E-state index contributed by atoms with van der Waals surface area (Å²) in [5, 5.41) is 14.6. The largest absolute Gasteiger partial charge is 0.393 e. The van der Waals surface area contributed by atoms with Crippen molar-refractivity contribution < 1.29 is 9.90 Å². The van der Waals surface area contributed by atoms with E-state index in [1.807, 2.05) is 27.8 Å². The van der Waals surface area contributed by atoms with Gasteiger partial charge in [-0.3, -0.25) is 4.79 Å². The first-order valence-corrected chi connectivity index (χ1v) is 8.98. The number of rotatable bonds is 2. The molecule has 2 aliphatic heterocycles. The minimum atomic E-state index is -0.247. The molecule has 2 fully saturated rings. The maximum Gasteiger partial charge on any atom is 0.273 e. The number of thiazole rings is 1. The zero-order valence-electron chi connectivity index (χ0n) is 11.4. The third kappa shape index (κ3) is 2.31. The Morgan fingerprint density at radius 1 is 1.29 bits per heavy atom. The van der Waals surface area contributed by atoms with Gasteiger partial charge in [-0.2, -0.15) is 0 Å². The Balaban J connectivity index is 1.58. The minimum Gasteiger partial charge on any atom is -0.393 e. The zero-order valence-corrected chi connectivity index (χ0v) is 13.1. The quantitative estimate of drug-likeness (QED) is 0.925. The van der Waals surface area contributed by atoms with Crippen molar-refractivity contribution >= 4 is 28.6 Å². The average Bonchev–Trinajstić information content (AvgIpc) is 3.17. The second-order valence-electron chi connectivity index (χ2n) is 5.74. The van der Waals surface area contributed by atoms with E-state index in [2.05, 4.69) is 4.98 Å². The van der Waals surface area contributed by atoms with Crippen molar-refractivity contribution in [1.82, 2.24) is 9.88 Å². The van der Waals surface area contributed by atoms with Gasteiger partial charge >= 0.3 is 0 Å². The van der Waals surface area contributed by atoms with Crippen LogP contribution in [0, 0.1) is 0 Å². The fourth-order valence-electron chi connectivity index (χ4n) is 3.50. The molecule has 4 nitrogen and oxygen atoms in total. The molecule has 1 amide bonds. The van der Waals surface area contributed by atoms with Gasteiger partial charge in [0.05, 0.1) is 11.0 Å². The standard InChI is InChI=1S/C15H16N2O2S2/c18-11-6-9-3-4-10(7-11)17(9)15(19)12-8-21-14(16-12)13-2-1-5-20-13/h1-2,5,8-11,18H,3-4,6-7H2. The van der Waals surface area contributed by atoms with Crippen molar-refractivity contribution in [1.29, 1.82) is 0 Å². The molecule has 4 heterocycles. The maximum atomic E-state index is 12.7. The molecule has 2 unspecified atom stereocenters. The van der Waals surface area contributed by atoms with Crippen molar-refractivity contribution in [3.8, 4) is 9.88 Å². The molecule has 0 radical (unpaired) electrons. The molecule has 4 rings (SSSR count). The van der Waals surface area contributed by atoms with Crippen LogP contribution in [-0.4, -0.2) is 39.1 Å². The van der Waals surface area contributed by atoms with Gasteiger partial charge in [0, 0.05) is 17.5 Å². The summed E-state index contributed by atoms with van der Waals surface area (Å²) in [5.41, 5.74) is 0.552. The number of fused-ring (bicyclic) bond motifs is 2. The Morgan fingerprint density at radius 3 is 2.71 bits per heavy atom. The molecular formula is C15H16N2O2S2. The lowest BCUT2D eigenvalue weighted by molar-refractivity contribution is 0.0283. The molecule has 2 atom stereocenters. The molecule has 21 heavy (non-hydrogen) atoms. The minimum absolute atomic E-state index is 0.0356. The predicted molar refractivity (Wildman–Crippen MR) is 83.6 cm³/mol. The molecule has 6 heteroatoms. The average molecular weight is 320 g/mol. The van der Waals surface area contributed by atoms with Gasteiger partial charge in [-0.1, -0.05) is 6.07 Å². The molecule has 0 aromatic carbocycles. The van der Waals surface area contributed by atoms with E-state index in [4.69, 9.17) is 0 Å². The van der Waals surface area contributed by atoms with Gasteiger partial charge in [0.1, 0.15) is 10.7 Å². The Morgan fingerprint density at radius 2 is 2.05 bits per heavy atom. The van der Waals surface area contributed by atoms with E-state index in [-0.39, 0.29) is 24.1 Å². The lowest BCUT2D eigenvalue weighted by Crippen LogP contribution is -2.48. The summed E-state index contributed by atoms with van der Waals surface area (Å²) in [7, 11) is 0. The number of carbonyl (C=O) groups excluding carboxylic acids is 1. The van der Waals surface area contributed by atoms with E-state index in [0.29, 0.717) is 18.5 Å². The fourth-order valence-corrected chi connectivity index (χ4v) is 5.11. The summed E-state index contributed by atoms with van der Waals surface area (Å²) in [6, 6.07) is 4.41. The molecular weight excluding hydrogens is 304 g/mol. The molecule has 110 valence electrons. The van der Waals surface area contributed by atoms with Crippen molar-refractivity contribution in [2.45, 2.75) is 43.9 Å². The van der Waals surface area contributed by atoms with E-state index in [1.165, 1.54) is 11.3 Å². The van der Waals surface area contributed by atoms with Gasteiger partial charge in [0.15, 0.2) is 0 Å². The third-order valence-electron chi connectivity index (χ3n) is 4.40. The Labute approximate surface area is 131 Å². The number of aliphatic hydroxyl groups is 1. The smallest absolute Gasteiger partial charge is 0.273 e. The van der Waals surface area contributed by atoms with E-state index in [0.717, 1.165) is 22.7 Å². The van der Waals surface area contributed by atoms with Crippen LogP contribution >= 0.6 is 22.7 Å². The monoisotopic (exact) mass is 320 g/mol. The number of thiophene rings is 1. The van der Waals surface area contributed by atoms with E-state index in [1.54, 1.807) is 11.3 Å². The summed E-state index contributed by atoms with van der Waals surface area (Å²) in [6.45, 7) is 0. The lowest BCUT2D eigenvalue weighted by atomic mass is 9.99. The number of piperidine rings is 1. The first-order valence-electron chi connectivity index (χ1n) is 7.22. The van der Waals surface area contributed by atoms with Crippen LogP contribution < -0.4 is 0 Å². The number of hydrogen-bond acceptors (Lipinski definition) is 5. The second kappa shape index (κ2) is 5.19. The fraction of sp³-hybridized carbons (Fsp3) is 0.467. The van der Waals surface area contributed by atoms with Crippen molar-refractivity contribution in [2.24, 2.45) is 0 Å². The Kier molecular flexibility index (Phi) is 3.32. The van der Waals surface area contributed by atoms with Crippen molar-refractivity contribution in [2.75, 3.05) is 0 Å². The van der Waals surface area contributed by atoms with E-state index < -0.39 is 0 Å². The topological polar surface area (TPSA) is 53.4 Å². The number of carbonyl (C=O) groups is 1. The second-order valence-corrected chi connectivity index (χ2v) is 7.54. The van der Waals surface area contributed by atoms with Gasteiger partial charge in [-0.05, 0) is 37.1 Å². The van der Waals surface area contributed by atoms with E-state index >= 15 is 0 Å². The van der Waals surface area contributed by atoms with Gasteiger partial charge in [0.25, 0.3) is 5.91 Å². The van der Waals surface area contributed by atoms with Crippen LogP contribution in [0.1, 0.15) is 36.2 Å². The van der Waals surface area contributed by atoms with Crippen molar-refractivity contribution in [3.63, 3.8) is 0 Å². The first kappa shape index (κ1) is 13.4. The van der Waals surface area contributed by atoms with Crippen LogP contribution in [0.2, 0.25) is 0 Å². The summed E-state index contributed by atoms with van der Waals surface area (Å²) in [4.78, 5) is 20.3. The SMILES string of the molecule is O=C(c1csc(-c2cccs2)n1)N1C2CCC1CC(O)C2. The summed E-state index contributed by atoms with van der Waals surface area (Å²) >= 11 is 3.17. The lowest BCUT2D eigenvalue weighted by Gasteiger charge is -2.36. The summed E-state index contributed by atoms with van der Waals surface area (Å²) < 4.78 is 0. The first-order chi connectivity index (χ1) is 10.2. The van der Waals surface area contributed by atoms with Crippen LogP contribution in [0.15, 0.2) is 22.9 Å². The highest BCUT2D eigenvalue weighted by molar-refractivity contribution is 7.20. The van der Waals surface area contributed by atoms with Crippen LogP contribution in [0.3, 0.4) is 0 Å². The van der Waals surface area contributed by atoms with Gasteiger partial charge in [0.2, 0.25) is 0 Å². The highest BCUT2D eigenvalue weighted by Crippen LogP contribution is 2.37. The molecule has 2 bridgehead atoms. The van der Waals surface area contributed by atoms with Crippen LogP contribution in [-0.2, 0) is 0 Å². The van der Waals surface area contributed by atoms with Gasteiger partial charge in [-0.15, -0.1) is 22.7 Å². The molecule has 0 aliphatic carbocycles.